The van der Waals surface area contributed by atoms with Crippen LogP contribution in [0.2, 0.25) is 0 Å². The van der Waals surface area contributed by atoms with Gasteiger partial charge in [0.2, 0.25) is 0 Å². The predicted molar refractivity (Wildman–Crippen MR) is 109 cm³/mol. The average molecular weight is 396 g/mol. The minimum Gasteiger partial charge on any atom is -0.465 e. The second-order valence-electron chi connectivity index (χ2n) is 7.44. The molecular weight excluding hydrogens is 372 g/mol. The van der Waals surface area contributed by atoms with Crippen molar-refractivity contribution < 1.29 is 19.6 Å². The van der Waals surface area contributed by atoms with Gasteiger partial charge in [0.1, 0.15) is 11.8 Å². The number of nitrogens with zero attached hydrogens (tertiary/aromatic N) is 2. The summed E-state index contributed by atoms with van der Waals surface area (Å²) in [5.41, 5.74) is 0.941. The molecule has 0 aromatic heterocycles. The molecule has 7 nitrogen and oxygen atoms in total. The summed E-state index contributed by atoms with van der Waals surface area (Å²) < 4.78 is 6.13. The number of hydrogen-bond donors (Lipinski definition) is 1. The van der Waals surface area contributed by atoms with Crippen LogP contribution in [0.4, 0.5) is 10.5 Å². The number of rotatable bonds is 6. The Bertz CT molecular complexity index is 893. The van der Waals surface area contributed by atoms with E-state index in [1.54, 1.807) is 26.0 Å². The fourth-order valence-corrected chi connectivity index (χ4v) is 3.76. The first-order valence-corrected chi connectivity index (χ1v) is 9.45. The van der Waals surface area contributed by atoms with Gasteiger partial charge in [0.05, 0.1) is 11.0 Å². The average Bonchev–Trinajstić information content (AvgIpc) is 2.97. The van der Waals surface area contributed by atoms with Crippen LogP contribution in [0.15, 0.2) is 60.7 Å². The van der Waals surface area contributed by atoms with Gasteiger partial charge in [0.25, 0.3) is 5.69 Å². The fraction of sp³-hybridized carbons (Fsp3) is 0.318. The predicted octanol–water partition coefficient (Wildman–Crippen LogP) is 5.24. The summed E-state index contributed by atoms with van der Waals surface area (Å²) in [7, 11) is 0. The Labute approximate surface area is 169 Å². The standard InChI is InChI=1S/C22H24N2O5/c1-22(2)23(21(25)26)19(20(29-22)17-9-4-3-5-10-17)11-7-6-8-16-12-14-18(15-13-16)24(27)28/h3-6,8-10,12-15,19-20H,7,11H2,1-2H3,(H,25,26)/b8-6-/t19-,20-/m1/s1. The van der Waals surface area contributed by atoms with E-state index in [-0.39, 0.29) is 17.8 Å². The van der Waals surface area contributed by atoms with Crippen molar-refractivity contribution in [3.05, 3.63) is 81.9 Å². The molecule has 2 aromatic carbocycles. The molecule has 0 radical (unpaired) electrons. The van der Waals surface area contributed by atoms with Crippen LogP contribution in [0.25, 0.3) is 6.08 Å². The number of ether oxygens (including phenoxy) is 1. The monoisotopic (exact) mass is 396 g/mol. The van der Waals surface area contributed by atoms with E-state index in [4.69, 9.17) is 4.74 Å². The second kappa shape index (κ2) is 8.45. The van der Waals surface area contributed by atoms with Crippen LogP contribution in [-0.4, -0.2) is 32.8 Å². The van der Waals surface area contributed by atoms with Crippen molar-refractivity contribution in [1.29, 1.82) is 0 Å². The molecule has 1 aliphatic heterocycles. The zero-order valence-electron chi connectivity index (χ0n) is 16.4. The lowest BCUT2D eigenvalue weighted by molar-refractivity contribution is -0.384. The van der Waals surface area contributed by atoms with E-state index >= 15 is 0 Å². The Hall–Kier alpha value is -3.19. The third kappa shape index (κ3) is 4.63. The molecule has 1 heterocycles. The molecule has 0 unspecified atom stereocenters. The highest BCUT2D eigenvalue weighted by molar-refractivity contribution is 5.67. The Balaban J connectivity index is 1.73. The van der Waals surface area contributed by atoms with Crippen molar-refractivity contribution in [2.24, 2.45) is 0 Å². The number of non-ortho nitro benzene ring substituents is 1. The van der Waals surface area contributed by atoms with Crippen molar-refractivity contribution in [2.45, 2.75) is 44.6 Å². The number of nitro groups is 1. The Morgan fingerprint density at radius 2 is 1.86 bits per heavy atom. The van der Waals surface area contributed by atoms with Gasteiger partial charge in [0, 0.05) is 12.1 Å². The molecule has 0 bridgehead atoms. The van der Waals surface area contributed by atoms with E-state index in [1.807, 2.05) is 42.5 Å². The maximum Gasteiger partial charge on any atom is 0.409 e. The van der Waals surface area contributed by atoms with Gasteiger partial charge in [-0.05, 0) is 49.9 Å². The van der Waals surface area contributed by atoms with Gasteiger partial charge in [-0.15, -0.1) is 0 Å². The van der Waals surface area contributed by atoms with Crippen LogP contribution >= 0.6 is 0 Å². The van der Waals surface area contributed by atoms with Gasteiger partial charge < -0.3 is 9.84 Å². The van der Waals surface area contributed by atoms with E-state index in [0.717, 1.165) is 11.1 Å². The minimum absolute atomic E-state index is 0.0512. The van der Waals surface area contributed by atoms with Gasteiger partial charge >= 0.3 is 6.09 Å². The lowest BCUT2D eigenvalue weighted by Crippen LogP contribution is -2.47. The van der Waals surface area contributed by atoms with E-state index in [1.165, 1.54) is 17.0 Å². The van der Waals surface area contributed by atoms with Crippen LogP contribution in [0, 0.1) is 10.1 Å². The van der Waals surface area contributed by atoms with Crippen LogP contribution in [0.1, 0.15) is 43.9 Å². The first-order chi connectivity index (χ1) is 13.8. The van der Waals surface area contributed by atoms with Crippen molar-refractivity contribution in [3.63, 3.8) is 0 Å². The first-order valence-electron chi connectivity index (χ1n) is 9.45. The van der Waals surface area contributed by atoms with E-state index in [0.29, 0.717) is 12.8 Å². The number of hydrogen-bond acceptors (Lipinski definition) is 4. The van der Waals surface area contributed by atoms with Crippen molar-refractivity contribution >= 4 is 17.9 Å². The molecule has 7 heteroatoms. The molecule has 2 atom stereocenters. The summed E-state index contributed by atoms with van der Waals surface area (Å²) in [5, 5.41) is 20.5. The van der Waals surface area contributed by atoms with Crippen molar-refractivity contribution in [3.8, 4) is 0 Å². The molecular formula is C22H24N2O5. The number of carbonyl (C=O) groups is 1. The molecule has 1 saturated heterocycles. The van der Waals surface area contributed by atoms with Gasteiger partial charge in [-0.2, -0.15) is 0 Å². The molecule has 152 valence electrons. The second-order valence-corrected chi connectivity index (χ2v) is 7.44. The molecule has 1 amide bonds. The molecule has 1 N–H and O–H groups in total. The number of benzene rings is 2. The van der Waals surface area contributed by atoms with Gasteiger partial charge in [-0.3, -0.25) is 15.0 Å². The Kier molecular flexibility index (Phi) is 5.98. The number of nitro benzene ring substituents is 1. The zero-order valence-corrected chi connectivity index (χ0v) is 16.4. The highest BCUT2D eigenvalue weighted by atomic mass is 16.6. The molecule has 0 saturated carbocycles. The smallest absolute Gasteiger partial charge is 0.409 e. The van der Waals surface area contributed by atoms with Crippen LogP contribution < -0.4 is 0 Å². The van der Waals surface area contributed by atoms with Crippen LogP contribution in [0.3, 0.4) is 0 Å². The SMILES string of the molecule is CC1(C)O[C@H](c2ccccc2)[C@@H](CC/C=C\c2ccc([N+](=O)[O-])cc2)N1C(=O)O. The summed E-state index contributed by atoms with van der Waals surface area (Å²) >= 11 is 0. The maximum atomic E-state index is 11.9. The van der Waals surface area contributed by atoms with Gasteiger partial charge in [0.15, 0.2) is 0 Å². The largest absolute Gasteiger partial charge is 0.465 e. The molecule has 2 aromatic rings. The maximum absolute atomic E-state index is 11.9. The molecule has 1 fully saturated rings. The van der Waals surface area contributed by atoms with E-state index in [9.17, 15) is 20.0 Å². The highest BCUT2D eigenvalue weighted by Crippen LogP contribution is 2.42. The quantitative estimate of drug-likeness (QED) is 0.532. The summed E-state index contributed by atoms with van der Waals surface area (Å²) in [6, 6.07) is 15.6. The van der Waals surface area contributed by atoms with Gasteiger partial charge in [-0.25, -0.2) is 4.79 Å². The highest BCUT2D eigenvalue weighted by Gasteiger charge is 2.50. The third-order valence-corrected chi connectivity index (χ3v) is 5.05. The zero-order chi connectivity index (χ0) is 21.0. The van der Waals surface area contributed by atoms with Crippen LogP contribution in [0.5, 0.6) is 0 Å². The molecule has 0 aliphatic carbocycles. The fourth-order valence-electron chi connectivity index (χ4n) is 3.76. The summed E-state index contributed by atoms with van der Waals surface area (Å²) in [6.07, 6.45) is 3.74. The number of amides is 1. The van der Waals surface area contributed by atoms with E-state index < -0.39 is 16.7 Å². The van der Waals surface area contributed by atoms with E-state index in [2.05, 4.69) is 0 Å². The molecule has 29 heavy (non-hydrogen) atoms. The molecule has 3 rings (SSSR count). The third-order valence-electron chi connectivity index (χ3n) is 5.05. The minimum atomic E-state index is -1.00. The normalized spacial score (nSPS) is 20.8. The number of allylic oxidation sites excluding steroid dienone is 1. The summed E-state index contributed by atoms with van der Waals surface area (Å²) in [6.45, 7) is 3.54. The lowest BCUT2D eigenvalue weighted by Gasteiger charge is -2.30. The Morgan fingerprint density at radius 1 is 1.21 bits per heavy atom. The Morgan fingerprint density at radius 3 is 2.45 bits per heavy atom. The van der Waals surface area contributed by atoms with Crippen molar-refractivity contribution in [1.82, 2.24) is 4.90 Å². The van der Waals surface area contributed by atoms with Crippen LogP contribution in [-0.2, 0) is 4.74 Å². The van der Waals surface area contributed by atoms with Crippen molar-refractivity contribution in [2.75, 3.05) is 0 Å². The number of carboxylic acid groups (broad SMARTS) is 1. The summed E-state index contributed by atoms with van der Waals surface area (Å²) in [4.78, 5) is 23.6. The topological polar surface area (TPSA) is 92.9 Å². The molecule has 1 aliphatic rings. The first kappa shape index (κ1) is 20.5. The molecule has 0 spiro atoms. The summed E-state index contributed by atoms with van der Waals surface area (Å²) in [5.74, 6) is 0. The van der Waals surface area contributed by atoms with Gasteiger partial charge in [-0.1, -0.05) is 42.5 Å². The lowest BCUT2D eigenvalue weighted by atomic mass is 9.97.